The van der Waals surface area contributed by atoms with Crippen LogP contribution in [0, 0.1) is 5.82 Å². The Bertz CT molecular complexity index is 1240. The second-order valence-corrected chi connectivity index (χ2v) is 9.04. The first-order chi connectivity index (χ1) is 15.9. The highest BCUT2D eigenvalue weighted by atomic mass is 32.2. The molecule has 7 nitrogen and oxygen atoms in total. The van der Waals surface area contributed by atoms with Gasteiger partial charge in [0.15, 0.2) is 5.69 Å². The molecule has 0 fully saturated rings. The van der Waals surface area contributed by atoms with Crippen molar-refractivity contribution in [3.05, 3.63) is 76.9 Å². The van der Waals surface area contributed by atoms with E-state index in [2.05, 4.69) is 9.28 Å². The van der Waals surface area contributed by atoms with Gasteiger partial charge in [0, 0.05) is 5.56 Å². The Hall–Kier alpha value is -2.96. The second kappa shape index (κ2) is 10.1. The quantitative estimate of drug-likeness (QED) is 0.309. The normalized spacial score (nSPS) is 13.1. The van der Waals surface area contributed by atoms with Gasteiger partial charge in [-0.05, 0) is 48.9 Å². The molecule has 184 valence electrons. The summed E-state index contributed by atoms with van der Waals surface area (Å²) in [6.07, 6.45) is -5.61. The summed E-state index contributed by atoms with van der Waals surface area (Å²) in [5, 5.41) is 3.56. The number of methoxy groups -OCH3 is 1. The molecule has 0 unspecified atom stereocenters. The van der Waals surface area contributed by atoms with E-state index in [0.29, 0.717) is 11.8 Å². The molecule has 3 rings (SSSR count). The molecule has 0 aliphatic rings. The number of nitrogens with zero attached hydrogens (tertiary/aromatic N) is 2. The topological polar surface area (TPSA) is 79.7 Å². The Morgan fingerprint density at radius 1 is 1.06 bits per heavy atom. The van der Waals surface area contributed by atoms with Crippen molar-refractivity contribution in [2.75, 3.05) is 14.2 Å². The van der Waals surface area contributed by atoms with Gasteiger partial charge in [-0.3, -0.25) is 4.18 Å². The number of benzene rings is 2. The molecule has 2 aromatic carbocycles. The smallest absolute Gasteiger partial charge is 0.435 e. The van der Waals surface area contributed by atoms with E-state index in [1.807, 2.05) is 0 Å². The molecule has 0 saturated carbocycles. The van der Waals surface area contributed by atoms with Gasteiger partial charge in [-0.15, -0.1) is 0 Å². The van der Waals surface area contributed by atoms with Crippen molar-refractivity contribution in [1.29, 1.82) is 0 Å². The van der Waals surface area contributed by atoms with Gasteiger partial charge in [0.1, 0.15) is 17.3 Å². The highest BCUT2D eigenvalue weighted by Crippen LogP contribution is 2.33. The second-order valence-electron chi connectivity index (χ2n) is 7.30. The van der Waals surface area contributed by atoms with Crippen molar-refractivity contribution in [1.82, 2.24) is 9.78 Å². The Morgan fingerprint density at radius 3 is 2.32 bits per heavy atom. The zero-order valence-corrected chi connectivity index (χ0v) is 19.3. The molecule has 0 radical (unpaired) electrons. The van der Waals surface area contributed by atoms with Crippen LogP contribution >= 0.6 is 0 Å². The zero-order chi connectivity index (χ0) is 25.1. The zero-order valence-electron chi connectivity index (χ0n) is 18.5. The van der Waals surface area contributed by atoms with Gasteiger partial charge in [0.25, 0.3) is 10.1 Å². The number of halogens is 4. The number of alkyl halides is 3. The van der Waals surface area contributed by atoms with Crippen molar-refractivity contribution in [3.63, 3.8) is 0 Å². The van der Waals surface area contributed by atoms with Gasteiger partial charge < -0.3 is 9.47 Å². The maximum Gasteiger partial charge on any atom is 0.435 e. The average molecular weight is 502 g/mol. The molecule has 1 heterocycles. The minimum atomic E-state index is -4.83. The fourth-order valence-electron chi connectivity index (χ4n) is 3.19. The van der Waals surface area contributed by atoms with Crippen molar-refractivity contribution in [2.24, 2.45) is 0 Å². The summed E-state index contributed by atoms with van der Waals surface area (Å²) >= 11 is 0. The highest BCUT2D eigenvalue weighted by molar-refractivity contribution is 7.85. The van der Waals surface area contributed by atoms with Crippen molar-refractivity contribution in [2.45, 2.75) is 31.6 Å². The van der Waals surface area contributed by atoms with Crippen LogP contribution in [0.3, 0.4) is 0 Å². The molecule has 3 aromatic rings. The van der Waals surface area contributed by atoms with Crippen LogP contribution in [0.2, 0.25) is 0 Å². The van der Waals surface area contributed by atoms with Crippen LogP contribution in [0.25, 0.3) is 5.69 Å². The SMILES string of the molecule is COc1ccc(CO[C@H](C)c2cc(F)ccc2-n2nc(C(F)(F)F)cc2CS(=O)(=O)OC)cc1. The van der Waals surface area contributed by atoms with E-state index in [4.69, 9.17) is 9.47 Å². The molecule has 0 aliphatic carbocycles. The molecule has 34 heavy (non-hydrogen) atoms. The Kier molecular flexibility index (Phi) is 7.64. The molecule has 12 heteroatoms. The van der Waals surface area contributed by atoms with Crippen LogP contribution in [0.5, 0.6) is 5.75 Å². The molecule has 1 aromatic heterocycles. The Morgan fingerprint density at radius 2 is 1.74 bits per heavy atom. The maximum atomic E-state index is 14.1. The van der Waals surface area contributed by atoms with Crippen LogP contribution in [-0.4, -0.2) is 32.4 Å². The van der Waals surface area contributed by atoms with E-state index in [9.17, 15) is 26.0 Å². The Balaban J connectivity index is 1.99. The third-order valence-electron chi connectivity index (χ3n) is 4.97. The highest BCUT2D eigenvalue weighted by Gasteiger charge is 2.36. The van der Waals surface area contributed by atoms with Gasteiger partial charge in [-0.2, -0.15) is 26.7 Å². The lowest BCUT2D eigenvalue weighted by Crippen LogP contribution is -2.14. The number of aromatic nitrogens is 2. The van der Waals surface area contributed by atoms with Crippen LogP contribution in [0.4, 0.5) is 17.6 Å². The summed E-state index contributed by atoms with van der Waals surface area (Å²) in [6, 6.07) is 11.0. The lowest BCUT2D eigenvalue weighted by molar-refractivity contribution is -0.141. The maximum absolute atomic E-state index is 14.1. The lowest BCUT2D eigenvalue weighted by atomic mass is 10.1. The predicted octanol–water partition coefficient (Wildman–Crippen LogP) is 4.79. The summed E-state index contributed by atoms with van der Waals surface area (Å²) in [6.45, 7) is 1.72. The fourth-order valence-corrected chi connectivity index (χ4v) is 3.87. The van der Waals surface area contributed by atoms with Gasteiger partial charge >= 0.3 is 6.18 Å². The van der Waals surface area contributed by atoms with Crippen LogP contribution in [-0.2, 0) is 37.6 Å². The van der Waals surface area contributed by atoms with Crippen LogP contribution in [0.15, 0.2) is 48.5 Å². The first-order valence-corrected chi connectivity index (χ1v) is 11.5. The molecule has 0 bridgehead atoms. The summed E-state index contributed by atoms with van der Waals surface area (Å²) in [5.41, 5.74) is -0.585. The van der Waals surface area contributed by atoms with Gasteiger partial charge in [-0.25, -0.2) is 9.07 Å². The van der Waals surface area contributed by atoms with E-state index in [0.717, 1.165) is 29.5 Å². The molecule has 0 N–H and O–H groups in total. The summed E-state index contributed by atoms with van der Waals surface area (Å²) in [5.74, 6) is -0.861. The number of rotatable bonds is 9. The molecule has 1 atom stereocenters. The fraction of sp³-hybridized carbons (Fsp3) is 0.318. The van der Waals surface area contributed by atoms with E-state index in [1.54, 1.807) is 31.2 Å². The standard InChI is InChI=1S/C22H22F4N2O5S/c1-14(33-12-15-4-7-18(31-2)8-5-15)19-10-16(23)6-9-20(19)28-17(13-34(29,30)32-3)11-21(27-28)22(24,25)26/h4-11,14H,12-13H2,1-3H3/t14-/m1/s1. The molecular formula is C22H22F4N2O5S. The molecule has 0 spiro atoms. The van der Waals surface area contributed by atoms with Crippen LogP contribution < -0.4 is 4.74 Å². The van der Waals surface area contributed by atoms with Crippen molar-refractivity contribution >= 4 is 10.1 Å². The third kappa shape index (κ3) is 6.13. The van der Waals surface area contributed by atoms with Gasteiger partial charge in [-0.1, -0.05) is 12.1 Å². The average Bonchev–Trinajstić information content (AvgIpc) is 3.21. The molecule has 0 aliphatic heterocycles. The van der Waals surface area contributed by atoms with Crippen molar-refractivity contribution in [3.8, 4) is 11.4 Å². The van der Waals surface area contributed by atoms with E-state index >= 15 is 0 Å². The summed E-state index contributed by atoms with van der Waals surface area (Å²) in [4.78, 5) is 0. The van der Waals surface area contributed by atoms with E-state index < -0.39 is 39.7 Å². The largest absolute Gasteiger partial charge is 0.497 e. The van der Waals surface area contributed by atoms with Crippen LogP contribution in [0.1, 0.15) is 35.5 Å². The Labute approximate surface area is 194 Å². The van der Waals surface area contributed by atoms with E-state index in [1.165, 1.54) is 13.2 Å². The minimum Gasteiger partial charge on any atom is -0.497 e. The molecular weight excluding hydrogens is 480 g/mol. The first-order valence-electron chi connectivity index (χ1n) is 9.92. The number of hydrogen-bond acceptors (Lipinski definition) is 6. The van der Waals surface area contributed by atoms with Crippen molar-refractivity contribution < 1.29 is 39.6 Å². The van der Waals surface area contributed by atoms with E-state index in [-0.39, 0.29) is 23.6 Å². The van der Waals surface area contributed by atoms with Gasteiger partial charge in [0.2, 0.25) is 0 Å². The minimum absolute atomic E-state index is 0.0421. The third-order valence-corrected chi connectivity index (χ3v) is 6.12. The molecule has 0 saturated heterocycles. The molecule has 0 amide bonds. The monoisotopic (exact) mass is 502 g/mol. The number of hydrogen-bond donors (Lipinski definition) is 0. The van der Waals surface area contributed by atoms with Gasteiger partial charge in [0.05, 0.1) is 38.3 Å². The number of ether oxygens (including phenoxy) is 2. The first kappa shape index (κ1) is 25.7. The summed E-state index contributed by atoms with van der Waals surface area (Å²) < 4.78 is 94.2. The lowest BCUT2D eigenvalue weighted by Gasteiger charge is -2.19. The predicted molar refractivity (Wildman–Crippen MR) is 114 cm³/mol. The summed E-state index contributed by atoms with van der Waals surface area (Å²) in [7, 11) is -1.74.